The number of hydrogen-bond acceptors (Lipinski definition) is 4. The minimum Gasteiger partial charge on any atom is -0.452 e. The number of halogens is 1. The van der Waals surface area contributed by atoms with Crippen LogP contribution in [0.15, 0.2) is 41.1 Å². The molecule has 0 aliphatic heterocycles. The van der Waals surface area contributed by atoms with Crippen LogP contribution in [-0.4, -0.2) is 23.5 Å². The average Bonchev–Trinajstić information content (AvgIpc) is 2.59. The summed E-state index contributed by atoms with van der Waals surface area (Å²) in [6.45, 7) is 7.96. The fourth-order valence-corrected chi connectivity index (χ4v) is 2.97. The number of carbonyl (C=O) groups is 2. The highest BCUT2D eigenvalue weighted by Gasteiger charge is 2.17. The van der Waals surface area contributed by atoms with Crippen molar-refractivity contribution in [1.82, 2.24) is 4.98 Å². The molecule has 0 aliphatic carbocycles. The number of rotatable bonds is 6. The second kappa shape index (κ2) is 8.94. The number of amides is 1. The number of ether oxygens (including phenoxy) is 1. The highest BCUT2D eigenvalue weighted by atomic mass is 79.9. The second-order valence-corrected chi connectivity index (χ2v) is 7.55. The quantitative estimate of drug-likeness (QED) is 0.678. The van der Waals surface area contributed by atoms with Gasteiger partial charge in [0.1, 0.15) is 0 Å². The molecule has 0 spiro atoms. The Kier molecular flexibility index (Phi) is 6.91. The lowest BCUT2D eigenvalue weighted by molar-refractivity contribution is -0.119. The molecule has 1 amide bonds. The van der Waals surface area contributed by atoms with Gasteiger partial charge in [-0.05, 0) is 45.0 Å². The molecule has 0 bridgehead atoms. The number of pyridine rings is 1. The van der Waals surface area contributed by atoms with Crippen LogP contribution in [0.1, 0.15) is 61.0 Å². The smallest absolute Gasteiger partial charge is 0.340 e. The van der Waals surface area contributed by atoms with E-state index in [9.17, 15) is 9.59 Å². The van der Waals surface area contributed by atoms with Gasteiger partial charge in [-0.2, -0.15) is 0 Å². The van der Waals surface area contributed by atoms with Crippen molar-refractivity contribution in [1.29, 1.82) is 0 Å². The number of carbonyl (C=O) groups excluding carboxylic acids is 2. The molecule has 0 radical (unpaired) electrons. The van der Waals surface area contributed by atoms with Crippen molar-refractivity contribution in [3.05, 3.63) is 57.8 Å². The number of aromatic nitrogens is 1. The Balaban J connectivity index is 2.09. The third kappa shape index (κ3) is 5.14. The number of para-hydroxylation sites is 1. The van der Waals surface area contributed by atoms with E-state index in [1.54, 1.807) is 12.3 Å². The molecule has 1 aromatic heterocycles. The van der Waals surface area contributed by atoms with E-state index < -0.39 is 5.97 Å². The lowest BCUT2D eigenvalue weighted by Gasteiger charge is -2.20. The molecule has 0 fully saturated rings. The van der Waals surface area contributed by atoms with Gasteiger partial charge in [-0.1, -0.05) is 45.9 Å². The van der Waals surface area contributed by atoms with Gasteiger partial charge in [0.15, 0.2) is 6.61 Å². The molecule has 0 saturated heterocycles. The van der Waals surface area contributed by atoms with Gasteiger partial charge in [-0.3, -0.25) is 9.78 Å². The topological polar surface area (TPSA) is 68.3 Å². The molecule has 2 aromatic rings. The maximum atomic E-state index is 12.4. The van der Waals surface area contributed by atoms with Gasteiger partial charge in [0, 0.05) is 22.6 Å². The zero-order chi connectivity index (χ0) is 19.3. The van der Waals surface area contributed by atoms with E-state index in [0.717, 1.165) is 16.8 Å². The Morgan fingerprint density at radius 1 is 1.12 bits per heavy atom. The van der Waals surface area contributed by atoms with Crippen molar-refractivity contribution in [3.63, 3.8) is 0 Å². The van der Waals surface area contributed by atoms with Crippen LogP contribution in [0, 0.1) is 0 Å². The first-order valence-electron chi connectivity index (χ1n) is 8.50. The normalized spacial score (nSPS) is 10.9. The van der Waals surface area contributed by atoms with E-state index in [-0.39, 0.29) is 29.9 Å². The van der Waals surface area contributed by atoms with E-state index >= 15 is 0 Å². The summed E-state index contributed by atoms with van der Waals surface area (Å²) < 4.78 is 5.78. The third-order valence-electron chi connectivity index (χ3n) is 3.91. The van der Waals surface area contributed by atoms with Crippen molar-refractivity contribution >= 4 is 33.5 Å². The molecule has 0 atom stereocenters. The monoisotopic (exact) mass is 418 g/mol. The highest BCUT2D eigenvalue weighted by Crippen LogP contribution is 2.32. The fourth-order valence-electron chi connectivity index (χ4n) is 2.61. The zero-order valence-electron chi connectivity index (χ0n) is 15.4. The number of hydrogen-bond donors (Lipinski definition) is 1. The summed E-state index contributed by atoms with van der Waals surface area (Å²) >= 11 is 3.25. The Morgan fingerprint density at radius 2 is 1.73 bits per heavy atom. The minimum atomic E-state index is -0.588. The van der Waals surface area contributed by atoms with Crippen LogP contribution in [0.2, 0.25) is 0 Å². The molecule has 5 nitrogen and oxygen atoms in total. The van der Waals surface area contributed by atoms with Crippen molar-refractivity contribution < 1.29 is 14.3 Å². The van der Waals surface area contributed by atoms with Crippen LogP contribution >= 0.6 is 15.9 Å². The van der Waals surface area contributed by atoms with E-state index in [1.807, 2.05) is 18.2 Å². The molecule has 1 N–H and O–H groups in total. The maximum Gasteiger partial charge on any atom is 0.340 e. The van der Waals surface area contributed by atoms with Gasteiger partial charge in [0.25, 0.3) is 5.91 Å². The molecule has 0 aliphatic rings. The number of anilines is 1. The fraction of sp³-hybridized carbons (Fsp3) is 0.350. The van der Waals surface area contributed by atoms with Gasteiger partial charge in [0.05, 0.1) is 5.56 Å². The first kappa shape index (κ1) is 20.1. The predicted molar refractivity (Wildman–Crippen MR) is 105 cm³/mol. The van der Waals surface area contributed by atoms with Crippen molar-refractivity contribution in [3.8, 4) is 0 Å². The number of nitrogens with one attached hydrogen (secondary N) is 1. The van der Waals surface area contributed by atoms with Crippen LogP contribution in [0.25, 0.3) is 0 Å². The summed E-state index contributed by atoms with van der Waals surface area (Å²) in [5, 5.41) is 2.92. The van der Waals surface area contributed by atoms with Crippen molar-refractivity contribution in [2.24, 2.45) is 0 Å². The van der Waals surface area contributed by atoms with Gasteiger partial charge in [0.2, 0.25) is 0 Å². The van der Waals surface area contributed by atoms with Gasteiger partial charge in [-0.15, -0.1) is 0 Å². The molecule has 0 unspecified atom stereocenters. The average molecular weight is 419 g/mol. The zero-order valence-corrected chi connectivity index (χ0v) is 17.0. The number of benzene rings is 1. The van der Waals surface area contributed by atoms with Crippen LogP contribution in [0.3, 0.4) is 0 Å². The molecule has 26 heavy (non-hydrogen) atoms. The summed E-state index contributed by atoms with van der Waals surface area (Å²) in [6.07, 6.45) is 2.97. The molecule has 6 heteroatoms. The van der Waals surface area contributed by atoms with Crippen LogP contribution in [-0.2, 0) is 9.53 Å². The molecule has 1 aromatic carbocycles. The first-order chi connectivity index (χ1) is 12.3. The summed E-state index contributed by atoms with van der Waals surface area (Å²) in [7, 11) is 0. The Labute approximate surface area is 162 Å². The molecular formula is C20H23BrN2O3. The lowest BCUT2D eigenvalue weighted by atomic mass is 9.92. The number of nitrogens with zero attached hydrogens (tertiary/aromatic N) is 1. The Bertz CT molecular complexity index is 777. The number of esters is 1. The van der Waals surface area contributed by atoms with Crippen molar-refractivity contribution in [2.75, 3.05) is 11.9 Å². The van der Waals surface area contributed by atoms with Crippen LogP contribution < -0.4 is 5.32 Å². The molecule has 138 valence electrons. The predicted octanol–water partition coefficient (Wildman–Crippen LogP) is 4.89. The Hall–Kier alpha value is -2.21. The summed E-state index contributed by atoms with van der Waals surface area (Å²) in [6, 6.07) is 7.61. The lowest BCUT2D eigenvalue weighted by Crippen LogP contribution is -2.22. The minimum absolute atomic E-state index is 0.263. The van der Waals surface area contributed by atoms with E-state index in [0.29, 0.717) is 4.47 Å². The van der Waals surface area contributed by atoms with E-state index in [4.69, 9.17) is 4.74 Å². The van der Waals surface area contributed by atoms with Gasteiger partial charge >= 0.3 is 5.97 Å². The molecule has 1 heterocycles. The Morgan fingerprint density at radius 3 is 2.27 bits per heavy atom. The summed E-state index contributed by atoms with van der Waals surface area (Å²) in [5.74, 6) is -0.426. The highest BCUT2D eigenvalue weighted by molar-refractivity contribution is 9.10. The summed E-state index contributed by atoms with van der Waals surface area (Å²) in [4.78, 5) is 28.3. The summed E-state index contributed by atoms with van der Waals surface area (Å²) in [5.41, 5.74) is 3.22. The molecule has 0 saturated carbocycles. The van der Waals surface area contributed by atoms with Crippen LogP contribution in [0.5, 0.6) is 0 Å². The standard InChI is InChI=1S/C20H23BrN2O3/c1-12(2)16-6-5-7-17(13(3)4)19(16)23-18(24)11-26-20(25)14-8-15(21)10-22-9-14/h5-10,12-13H,11H2,1-4H3,(H,23,24). The molecule has 2 rings (SSSR count). The second-order valence-electron chi connectivity index (χ2n) is 6.64. The maximum absolute atomic E-state index is 12.4. The third-order valence-corrected chi connectivity index (χ3v) is 4.35. The van der Waals surface area contributed by atoms with Crippen LogP contribution in [0.4, 0.5) is 5.69 Å². The molecular weight excluding hydrogens is 396 g/mol. The SMILES string of the molecule is CC(C)c1cccc(C(C)C)c1NC(=O)COC(=O)c1cncc(Br)c1. The first-order valence-corrected chi connectivity index (χ1v) is 9.29. The van der Waals surface area contributed by atoms with E-state index in [2.05, 4.69) is 53.9 Å². The van der Waals surface area contributed by atoms with Gasteiger partial charge in [-0.25, -0.2) is 4.79 Å². The largest absolute Gasteiger partial charge is 0.452 e. The van der Waals surface area contributed by atoms with E-state index in [1.165, 1.54) is 6.20 Å². The van der Waals surface area contributed by atoms with Crippen molar-refractivity contribution in [2.45, 2.75) is 39.5 Å². The van der Waals surface area contributed by atoms with Gasteiger partial charge < -0.3 is 10.1 Å².